The molecule has 0 unspecified atom stereocenters. The van der Waals surface area contributed by atoms with E-state index in [2.05, 4.69) is 0 Å². The minimum absolute atomic E-state index is 0.0501. The molecule has 2 aliphatic carbocycles. The zero-order chi connectivity index (χ0) is 26.1. The fraction of sp³-hybridized carbons (Fsp3) is 0.880. The van der Waals surface area contributed by atoms with Crippen LogP contribution < -0.4 is 0 Å². The maximum absolute atomic E-state index is 13.1. The van der Waals surface area contributed by atoms with Gasteiger partial charge in [0.05, 0.1) is 5.60 Å². The summed E-state index contributed by atoms with van der Waals surface area (Å²) >= 11 is 0. The van der Waals surface area contributed by atoms with Gasteiger partial charge in [-0.1, -0.05) is 32.3 Å². The lowest BCUT2D eigenvalue weighted by atomic mass is 9.67. The third-order valence-electron chi connectivity index (χ3n) is 8.09. The van der Waals surface area contributed by atoms with Gasteiger partial charge in [0, 0.05) is 11.8 Å². The Morgan fingerprint density at radius 3 is 2.12 bits per heavy atom. The quantitative estimate of drug-likeness (QED) is 0.277. The van der Waals surface area contributed by atoms with Crippen LogP contribution in [0.3, 0.4) is 0 Å². The Balaban J connectivity index is 2.28. The fourth-order valence-corrected chi connectivity index (χ4v) is 5.78. The van der Waals surface area contributed by atoms with E-state index in [1.54, 1.807) is 13.8 Å². The molecule has 0 heterocycles. The van der Waals surface area contributed by atoms with Crippen LogP contribution in [0.5, 0.6) is 0 Å². The Morgan fingerprint density at radius 2 is 1.56 bits per heavy atom. The van der Waals surface area contributed by atoms with E-state index < -0.39 is 34.4 Å². The first-order valence-corrected chi connectivity index (χ1v) is 12.1. The number of hydrogen-bond donors (Lipinski definition) is 2. The van der Waals surface area contributed by atoms with Crippen LogP contribution in [-0.4, -0.2) is 39.6 Å². The molecule has 2 rings (SSSR count). The van der Waals surface area contributed by atoms with Gasteiger partial charge in [-0.15, -0.1) is 0 Å². The van der Waals surface area contributed by atoms with Crippen molar-refractivity contribution in [3.63, 3.8) is 0 Å². The predicted molar refractivity (Wildman–Crippen MR) is 117 cm³/mol. The second kappa shape index (κ2) is 10.1. The summed E-state index contributed by atoms with van der Waals surface area (Å²) < 4.78 is 78.5. The molecule has 9 heteroatoms. The van der Waals surface area contributed by atoms with Crippen LogP contribution in [0.25, 0.3) is 0 Å². The maximum atomic E-state index is 13.1. The zero-order valence-electron chi connectivity index (χ0n) is 20.3. The van der Waals surface area contributed by atoms with E-state index in [9.17, 15) is 41.4 Å². The van der Waals surface area contributed by atoms with Crippen molar-refractivity contribution in [2.24, 2.45) is 16.7 Å². The van der Waals surface area contributed by atoms with Crippen molar-refractivity contribution in [3.8, 4) is 0 Å². The van der Waals surface area contributed by atoms with Crippen LogP contribution in [0.4, 0.5) is 26.3 Å². The van der Waals surface area contributed by atoms with Crippen molar-refractivity contribution in [2.45, 2.75) is 121 Å². The topological polar surface area (TPSA) is 57.5 Å². The Kier molecular flexibility index (Phi) is 8.67. The van der Waals surface area contributed by atoms with Gasteiger partial charge in [0.2, 0.25) is 0 Å². The number of Topliss-reactive ketones (excluding diaryl/α,β-unsaturated/α-hetero) is 1. The van der Waals surface area contributed by atoms with Gasteiger partial charge in [0.15, 0.2) is 0 Å². The third kappa shape index (κ3) is 6.56. The van der Waals surface area contributed by atoms with E-state index in [-0.39, 0.29) is 24.2 Å². The largest absolute Gasteiger partial charge is 0.429 e. The Labute approximate surface area is 198 Å². The molecule has 0 amide bonds. The number of ketones is 1. The van der Waals surface area contributed by atoms with Gasteiger partial charge in [-0.3, -0.25) is 4.79 Å². The molecule has 3 nitrogen and oxygen atoms in total. The molecule has 0 aromatic rings. The molecule has 0 saturated heterocycles. The summed E-state index contributed by atoms with van der Waals surface area (Å²) in [5.74, 6) is 0.177. The highest BCUT2D eigenvalue weighted by Gasteiger charge is 2.69. The number of allylic oxidation sites excluding steroid dienone is 1. The van der Waals surface area contributed by atoms with Gasteiger partial charge < -0.3 is 10.2 Å². The van der Waals surface area contributed by atoms with Gasteiger partial charge in [0.25, 0.3) is 5.60 Å². The summed E-state index contributed by atoms with van der Waals surface area (Å²) in [4.78, 5) is 12.9. The molecule has 0 aromatic heterocycles. The lowest BCUT2D eigenvalue weighted by molar-refractivity contribution is -0.347. The second-order valence-electron chi connectivity index (χ2n) is 11.4. The summed E-state index contributed by atoms with van der Waals surface area (Å²) in [6.07, 6.45) is -3.80. The van der Waals surface area contributed by atoms with Crippen LogP contribution in [0, 0.1) is 16.7 Å². The molecule has 198 valence electrons. The smallest absolute Gasteiger partial charge is 0.390 e. The minimum Gasteiger partial charge on any atom is -0.390 e. The molecular formula is C25H38F6O3. The molecule has 0 radical (unpaired) electrons. The summed E-state index contributed by atoms with van der Waals surface area (Å²) in [6, 6.07) is 0. The van der Waals surface area contributed by atoms with E-state index >= 15 is 0 Å². The van der Waals surface area contributed by atoms with Crippen LogP contribution in [-0.2, 0) is 4.79 Å². The molecule has 0 aromatic carbocycles. The first-order valence-electron chi connectivity index (χ1n) is 12.1. The Hall–Kier alpha value is -1.09. The second-order valence-corrected chi connectivity index (χ2v) is 11.4. The van der Waals surface area contributed by atoms with Crippen molar-refractivity contribution >= 4 is 5.78 Å². The van der Waals surface area contributed by atoms with E-state index in [1.807, 2.05) is 6.92 Å². The average molecular weight is 501 g/mol. The van der Waals surface area contributed by atoms with E-state index in [0.29, 0.717) is 44.9 Å². The van der Waals surface area contributed by atoms with Gasteiger partial charge in [0.1, 0.15) is 5.78 Å². The number of aliphatic hydroxyl groups is 2. The molecule has 2 aliphatic rings. The monoisotopic (exact) mass is 500 g/mol. The third-order valence-corrected chi connectivity index (χ3v) is 8.09. The molecule has 3 atom stereocenters. The van der Waals surface area contributed by atoms with Gasteiger partial charge in [-0.2, -0.15) is 26.3 Å². The first kappa shape index (κ1) is 29.1. The Morgan fingerprint density at radius 1 is 0.941 bits per heavy atom. The van der Waals surface area contributed by atoms with Crippen molar-refractivity contribution in [3.05, 3.63) is 12.2 Å². The van der Waals surface area contributed by atoms with Gasteiger partial charge in [-0.05, 0) is 82.6 Å². The normalized spacial score (nSPS) is 27.4. The lowest BCUT2D eigenvalue weighted by Crippen LogP contribution is -2.55. The number of hydrogen-bond acceptors (Lipinski definition) is 3. The fourth-order valence-electron chi connectivity index (χ4n) is 5.78. The van der Waals surface area contributed by atoms with E-state index in [4.69, 9.17) is 0 Å². The molecule has 1 spiro atoms. The standard InChI is InChI=1S/C25H38F6O3/c1-20(2,33)11-7-12-21(3,13-8-15-23(34,24(26,27)28)25(29,30)31)18-10-16-22(17-18)14-6-4-5-9-19(22)32/h8,15,18,33-34H,4-7,9-14,16-17H2,1-3H3/b15-8+/t18-,21+,22-/m0/s1. The summed E-state index contributed by atoms with van der Waals surface area (Å²) in [5, 5.41) is 19.5. The van der Waals surface area contributed by atoms with Gasteiger partial charge in [-0.25, -0.2) is 0 Å². The molecule has 34 heavy (non-hydrogen) atoms. The SMILES string of the molecule is CC(C)(O)CCC[C@](C)(C/C=C/C(O)(C(F)(F)F)C(F)(F)F)[C@H]1CC[C@@]2(CCCCCC2=O)C1. The molecule has 0 bridgehead atoms. The van der Waals surface area contributed by atoms with Crippen molar-refractivity contribution in [1.29, 1.82) is 0 Å². The number of carbonyl (C=O) groups excluding carboxylic acids is 1. The molecular weight excluding hydrogens is 462 g/mol. The maximum Gasteiger partial charge on any atom is 0.429 e. The van der Waals surface area contributed by atoms with Crippen LogP contribution >= 0.6 is 0 Å². The molecule has 0 aliphatic heterocycles. The van der Waals surface area contributed by atoms with Crippen LogP contribution in [0.15, 0.2) is 12.2 Å². The Bertz CT molecular complexity index is 722. The molecule has 2 fully saturated rings. The summed E-state index contributed by atoms with van der Waals surface area (Å²) in [5.41, 5.74) is -6.98. The number of rotatable bonds is 8. The number of carbonyl (C=O) groups is 1. The van der Waals surface area contributed by atoms with Crippen molar-refractivity contribution in [1.82, 2.24) is 0 Å². The predicted octanol–water partition coefficient (Wildman–Crippen LogP) is 7.06. The van der Waals surface area contributed by atoms with Crippen molar-refractivity contribution < 1.29 is 41.4 Å². The lowest BCUT2D eigenvalue weighted by Gasteiger charge is -2.38. The van der Waals surface area contributed by atoms with Crippen molar-refractivity contribution in [2.75, 3.05) is 0 Å². The highest BCUT2D eigenvalue weighted by Crippen LogP contribution is 2.56. The summed E-state index contributed by atoms with van der Waals surface area (Å²) in [6.45, 7) is 5.13. The van der Waals surface area contributed by atoms with E-state index in [1.165, 1.54) is 0 Å². The van der Waals surface area contributed by atoms with E-state index in [0.717, 1.165) is 31.8 Å². The highest BCUT2D eigenvalue weighted by atomic mass is 19.4. The molecule has 2 N–H and O–H groups in total. The summed E-state index contributed by atoms with van der Waals surface area (Å²) in [7, 11) is 0. The highest BCUT2D eigenvalue weighted by molar-refractivity contribution is 5.85. The average Bonchev–Trinajstić information content (AvgIpc) is 3.02. The van der Waals surface area contributed by atoms with Crippen LogP contribution in [0.2, 0.25) is 0 Å². The first-order chi connectivity index (χ1) is 15.4. The number of alkyl halides is 6. The minimum atomic E-state index is -5.90. The zero-order valence-corrected chi connectivity index (χ0v) is 20.3. The van der Waals surface area contributed by atoms with Gasteiger partial charge >= 0.3 is 12.4 Å². The molecule has 2 saturated carbocycles. The number of halogens is 6. The van der Waals surface area contributed by atoms with Crippen LogP contribution in [0.1, 0.15) is 97.8 Å².